The van der Waals surface area contributed by atoms with Crippen molar-refractivity contribution in [2.24, 2.45) is 10.7 Å². The predicted octanol–water partition coefficient (Wildman–Crippen LogP) is 2.08. The largest absolute Gasteiger partial charge is 0.387 e. The Bertz CT molecular complexity index is 440. The molecule has 4 heteroatoms. The number of amidine groups is 1. The molecule has 104 valence electrons. The van der Waals surface area contributed by atoms with E-state index in [2.05, 4.69) is 53.7 Å². The average Bonchev–Trinajstić information content (AvgIpc) is 2.38. The fraction of sp³-hybridized carbons (Fsp3) is 0.400. The van der Waals surface area contributed by atoms with Crippen LogP contribution in [-0.4, -0.2) is 18.9 Å². The topological polar surface area (TPSA) is 62.4 Å². The quantitative estimate of drug-likeness (QED) is 0.542. The average molecular weight is 260 g/mol. The van der Waals surface area contributed by atoms with Gasteiger partial charge in [-0.2, -0.15) is 0 Å². The van der Waals surface area contributed by atoms with Crippen LogP contribution >= 0.6 is 0 Å². The summed E-state index contributed by atoms with van der Waals surface area (Å²) in [5, 5.41) is 6.52. The zero-order valence-electron chi connectivity index (χ0n) is 12.2. The Morgan fingerprint density at radius 2 is 1.95 bits per heavy atom. The molecular weight excluding hydrogens is 236 g/mol. The van der Waals surface area contributed by atoms with Crippen LogP contribution in [-0.2, 0) is 6.54 Å². The van der Waals surface area contributed by atoms with Gasteiger partial charge in [-0.1, -0.05) is 38.1 Å². The number of aliphatic imine (C=N–C) groups is 1. The van der Waals surface area contributed by atoms with Crippen LogP contribution in [0.15, 0.2) is 35.5 Å². The number of nitrogens with one attached hydrogen (secondary N) is 2. The van der Waals surface area contributed by atoms with E-state index in [9.17, 15) is 0 Å². The van der Waals surface area contributed by atoms with E-state index in [1.54, 1.807) is 13.1 Å². The van der Waals surface area contributed by atoms with Crippen LogP contribution in [0.3, 0.4) is 0 Å². The maximum Gasteiger partial charge on any atom is 0.0958 e. The van der Waals surface area contributed by atoms with Gasteiger partial charge in [0.05, 0.1) is 17.7 Å². The molecular formula is C15H24N4. The second kappa shape index (κ2) is 7.59. The minimum atomic E-state index is 0.495. The summed E-state index contributed by atoms with van der Waals surface area (Å²) in [4.78, 5) is 4.11. The third-order valence-corrected chi connectivity index (χ3v) is 2.65. The third kappa shape index (κ3) is 5.57. The molecule has 0 radical (unpaired) electrons. The van der Waals surface area contributed by atoms with Gasteiger partial charge in [-0.15, -0.1) is 0 Å². The zero-order valence-corrected chi connectivity index (χ0v) is 12.2. The molecule has 0 aliphatic heterocycles. The monoisotopic (exact) mass is 260 g/mol. The first-order chi connectivity index (χ1) is 9.02. The SMILES string of the molecule is CNC(=CN=C(C)N)c1ccc(CNC(C)C)cc1. The van der Waals surface area contributed by atoms with E-state index in [0.717, 1.165) is 17.8 Å². The highest BCUT2D eigenvalue weighted by Crippen LogP contribution is 2.12. The smallest absolute Gasteiger partial charge is 0.0958 e. The van der Waals surface area contributed by atoms with Crippen molar-refractivity contribution in [3.8, 4) is 0 Å². The lowest BCUT2D eigenvalue weighted by Gasteiger charge is -2.10. The van der Waals surface area contributed by atoms with E-state index in [-0.39, 0.29) is 0 Å². The predicted molar refractivity (Wildman–Crippen MR) is 82.8 cm³/mol. The Hall–Kier alpha value is -1.81. The van der Waals surface area contributed by atoms with Gasteiger partial charge in [0.15, 0.2) is 0 Å². The summed E-state index contributed by atoms with van der Waals surface area (Å²) in [5.74, 6) is 0.547. The number of nitrogens with two attached hydrogens (primary N) is 1. The molecule has 1 rings (SSSR count). The van der Waals surface area contributed by atoms with E-state index in [1.807, 2.05) is 7.05 Å². The summed E-state index contributed by atoms with van der Waals surface area (Å²) >= 11 is 0. The number of rotatable bonds is 6. The lowest BCUT2D eigenvalue weighted by molar-refractivity contribution is 0.589. The summed E-state index contributed by atoms with van der Waals surface area (Å²) in [6.07, 6.45) is 1.75. The number of hydrogen-bond donors (Lipinski definition) is 3. The van der Waals surface area contributed by atoms with Gasteiger partial charge >= 0.3 is 0 Å². The van der Waals surface area contributed by atoms with Gasteiger partial charge < -0.3 is 16.4 Å². The first kappa shape index (κ1) is 15.2. The Labute approximate surface area is 115 Å². The van der Waals surface area contributed by atoms with Crippen LogP contribution in [0.25, 0.3) is 5.70 Å². The molecule has 19 heavy (non-hydrogen) atoms. The van der Waals surface area contributed by atoms with E-state index < -0.39 is 0 Å². The molecule has 0 fully saturated rings. The van der Waals surface area contributed by atoms with Crippen LogP contribution < -0.4 is 16.4 Å². The number of hydrogen-bond acceptors (Lipinski definition) is 3. The number of nitrogens with zero attached hydrogens (tertiary/aromatic N) is 1. The minimum absolute atomic E-state index is 0.495. The fourth-order valence-electron chi connectivity index (χ4n) is 1.57. The van der Waals surface area contributed by atoms with Crippen LogP contribution in [0.5, 0.6) is 0 Å². The summed E-state index contributed by atoms with van der Waals surface area (Å²) in [7, 11) is 1.88. The summed E-state index contributed by atoms with van der Waals surface area (Å²) in [5.41, 5.74) is 8.85. The van der Waals surface area contributed by atoms with Crippen molar-refractivity contribution < 1.29 is 0 Å². The van der Waals surface area contributed by atoms with Gasteiger partial charge in [0.25, 0.3) is 0 Å². The Morgan fingerprint density at radius 3 is 2.42 bits per heavy atom. The van der Waals surface area contributed by atoms with E-state index >= 15 is 0 Å². The molecule has 1 aromatic rings. The van der Waals surface area contributed by atoms with Gasteiger partial charge in [0, 0.05) is 19.6 Å². The maximum atomic E-state index is 5.53. The Kier molecular flexibility index (Phi) is 6.09. The second-order valence-corrected chi connectivity index (χ2v) is 4.80. The fourth-order valence-corrected chi connectivity index (χ4v) is 1.57. The Morgan fingerprint density at radius 1 is 1.32 bits per heavy atom. The van der Waals surface area contributed by atoms with Crippen molar-refractivity contribution in [3.63, 3.8) is 0 Å². The summed E-state index contributed by atoms with van der Waals surface area (Å²) < 4.78 is 0. The molecule has 0 aliphatic carbocycles. The molecule has 0 spiro atoms. The molecule has 0 atom stereocenters. The molecule has 0 heterocycles. The first-order valence-electron chi connectivity index (χ1n) is 6.53. The zero-order chi connectivity index (χ0) is 14.3. The van der Waals surface area contributed by atoms with Crippen molar-refractivity contribution in [2.45, 2.75) is 33.4 Å². The highest BCUT2D eigenvalue weighted by molar-refractivity contribution is 5.79. The molecule has 0 saturated heterocycles. The van der Waals surface area contributed by atoms with Gasteiger partial charge in [-0.05, 0) is 18.1 Å². The maximum absolute atomic E-state index is 5.53. The lowest BCUT2D eigenvalue weighted by Crippen LogP contribution is -2.21. The van der Waals surface area contributed by atoms with E-state index in [1.165, 1.54) is 5.56 Å². The molecule has 4 nitrogen and oxygen atoms in total. The van der Waals surface area contributed by atoms with Crippen LogP contribution in [0.1, 0.15) is 31.9 Å². The standard InChI is InChI=1S/C15H24N4/c1-11(2)18-9-13-5-7-14(8-6-13)15(17-4)10-19-12(3)16/h5-8,10-11,17-18H,9H2,1-4H3,(H2,16,19). The van der Waals surface area contributed by atoms with Crippen molar-refractivity contribution in [3.05, 3.63) is 41.6 Å². The molecule has 0 aliphatic rings. The van der Waals surface area contributed by atoms with E-state index in [4.69, 9.17) is 5.73 Å². The molecule has 4 N–H and O–H groups in total. The van der Waals surface area contributed by atoms with Gasteiger partial charge in [-0.3, -0.25) is 0 Å². The van der Waals surface area contributed by atoms with Gasteiger partial charge in [-0.25, -0.2) is 4.99 Å². The van der Waals surface area contributed by atoms with Gasteiger partial charge in [0.1, 0.15) is 0 Å². The summed E-state index contributed by atoms with van der Waals surface area (Å²) in [6.45, 7) is 6.94. The van der Waals surface area contributed by atoms with E-state index in [0.29, 0.717) is 11.9 Å². The van der Waals surface area contributed by atoms with Crippen molar-refractivity contribution in [2.75, 3.05) is 7.05 Å². The number of benzene rings is 1. The van der Waals surface area contributed by atoms with Crippen LogP contribution in [0.4, 0.5) is 0 Å². The molecule has 0 unspecified atom stereocenters. The molecule has 0 aromatic heterocycles. The molecule has 0 saturated carbocycles. The highest BCUT2D eigenvalue weighted by Gasteiger charge is 2.00. The third-order valence-electron chi connectivity index (χ3n) is 2.65. The molecule has 1 aromatic carbocycles. The lowest BCUT2D eigenvalue weighted by atomic mass is 10.1. The Balaban J connectivity index is 2.79. The van der Waals surface area contributed by atoms with Crippen molar-refractivity contribution >= 4 is 11.5 Å². The molecule has 0 bridgehead atoms. The molecule has 0 amide bonds. The van der Waals surface area contributed by atoms with Crippen LogP contribution in [0, 0.1) is 0 Å². The van der Waals surface area contributed by atoms with Crippen molar-refractivity contribution in [1.82, 2.24) is 10.6 Å². The normalized spacial score (nSPS) is 12.9. The highest BCUT2D eigenvalue weighted by atomic mass is 14.9. The van der Waals surface area contributed by atoms with Gasteiger partial charge in [0.2, 0.25) is 0 Å². The van der Waals surface area contributed by atoms with Crippen LogP contribution in [0.2, 0.25) is 0 Å². The summed E-state index contributed by atoms with van der Waals surface area (Å²) in [6, 6.07) is 8.90. The minimum Gasteiger partial charge on any atom is -0.387 e. The first-order valence-corrected chi connectivity index (χ1v) is 6.53. The van der Waals surface area contributed by atoms with Crippen molar-refractivity contribution in [1.29, 1.82) is 0 Å². The second-order valence-electron chi connectivity index (χ2n) is 4.80.